The lowest BCUT2D eigenvalue weighted by atomic mass is 10.3. The summed E-state index contributed by atoms with van der Waals surface area (Å²) < 4.78 is 11.0. The fourth-order valence-corrected chi connectivity index (χ4v) is 1.82. The number of hydrogen-bond donors (Lipinski definition) is 2. The molecule has 1 aromatic carbocycles. The number of hydrogen-bond acceptors (Lipinski definition) is 4. The molecule has 0 aliphatic heterocycles. The predicted octanol–water partition coefficient (Wildman–Crippen LogP) is 2.05. The number of benzene rings is 1. The molecule has 0 saturated carbocycles. The van der Waals surface area contributed by atoms with E-state index in [1.54, 1.807) is 31.5 Å². The van der Waals surface area contributed by atoms with Crippen LogP contribution in [0, 0.1) is 0 Å². The van der Waals surface area contributed by atoms with Crippen LogP contribution in [-0.4, -0.2) is 22.1 Å². The summed E-state index contributed by atoms with van der Waals surface area (Å²) in [5, 5.41) is 0. The molecule has 96 valence electrons. The van der Waals surface area contributed by atoms with Gasteiger partial charge in [0.05, 0.1) is 7.11 Å². The van der Waals surface area contributed by atoms with E-state index in [1.807, 2.05) is 12.1 Å². The Balaban J connectivity index is 2.08. The maximum Gasteiger partial charge on any atom is 0.325 e. The van der Waals surface area contributed by atoms with Gasteiger partial charge in [-0.25, -0.2) is 9.78 Å². The second-order valence-electron chi connectivity index (χ2n) is 3.86. The largest absolute Gasteiger partial charge is 0.493 e. The quantitative estimate of drug-likeness (QED) is 0.752. The summed E-state index contributed by atoms with van der Waals surface area (Å²) in [7, 11) is 1.57. The van der Waals surface area contributed by atoms with Gasteiger partial charge >= 0.3 is 5.69 Å². The zero-order valence-corrected chi connectivity index (χ0v) is 10.1. The van der Waals surface area contributed by atoms with Crippen molar-refractivity contribution in [2.24, 2.45) is 0 Å². The first-order chi connectivity index (χ1) is 9.28. The number of ether oxygens (including phenoxy) is 2. The van der Waals surface area contributed by atoms with Gasteiger partial charge in [0.2, 0.25) is 0 Å². The van der Waals surface area contributed by atoms with Crippen LogP contribution in [0.3, 0.4) is 0 Å². The first kappa shape index (κ1) is 11.3. The maximum atomic E-state index is 11.3. The van der Waals surface area contributed by atoms with E-state index < -0.39 is 0 Å². The van der Waals surface area contributed by atoms with E-state index in [1.165, 1.54) is 0 Å². The third-order valence-electron chi connectivity index (χ3n) is 2.67. The van der Waals surface area contributed by atoms with Crippen molar-refractivity contribution in [2.75, 3.05) is 7.11 Å². The SMILES string of the molecule is COc1ccccc1Oc1ccnc2[nH]c(=O)[nH]c12. The summed E-state index contributed by atoms with van der Waals surface area (Å²) in [5.41, 5.74) is 0.661. The van der Waals surface area contributed by atoms with Crippen molar-refractivity contribution in [1.29, 1.82) is 0 Å². The zero-order valence-electron chi connectivity index (χ0n) is 10.1. The highest BCUT2D eigenvalue weighted by Gasteiger charge is 2.10. The minimum atomic E-state index is -0.321. The molecule has 3 aromatic rings. The standard InChI is InChI=1S/C13H11N3O3/c1-18-8-4-2-3-5-9(8)19-10-6-7-14-12-11(10)15-13(17)16-12/h2-7H,1H3,(H2,14,15,16,17). The monoisotopic (exact) mass is 257 g/mol. The molecule has 2 N–H and O–H groups in total. The molecule has 0 spiro atoms. The molecule has 6 nitrogen and oxygen atoms in total. The molecule has 0 saturated heterocycles. The number of para-hydroxylation sites is 2. The summed E-state index contributed by atoms with van der Waals surface area (Å²) in [6.45, 7) is 0. The van der Waals surface area contributed by atoms with E-state index >= 15 is 0 Å². The summed E-state index contributed by atoms with van der Waals surface area (Å²) in [6.07, 6.45) is 1.57. The third-order valence-corrected chi connectivity index (χ3v) is 2.67. The van der Waals surface area contributed by atoms with E-state index in [9.17, 15) is 4.79 Å². The van der Waals surface area contributed by atoms with Gasteiger partial charge in [0.1, 0.15) is 5.52 Å². The van der Waals surface area contributed by atoms with E-state index in [2.05, 4.69) is 15.0 Å². The van der Waals surface area contributed by atoms with Crippen molar-refractivity contribution in [1.82, 2.24) is 15.0 Å². The summed E-state index contributed by atoms with van der Waals surface area (Å²) in [5.74, 6) is 1.69. The van der Waals surface area contributed by atoms with E-state index in [0.717, 1.165) is 0 Å². The molecule has 0 radical (unpaired) electrons. The highest BCUT2D eigenvalue weighted by atomic mass is 16.5. The first-order valence-corrected chi connectivity index (χ1v) is 5.66. The number of methoxy groups -OCH3 is 1. The molecule has 0 aliphatic carbocycles. The fourth-order valence-electron chi connectivity index (χ4n) is 1.82. The highest BCUT2D eigenvalue weighted by molar-refractivity contribution is 5.77. The molecule has 19 heavy (non-hydrogen) atoms. The maximum absolute atomic E-state index is 11.3. The Morgan fingerprint density at radius 3 is 2.63 bits per heavy atom. The van der Waals surface area contributed by atoms with Gasteiger partial charge in [-0.1, -0.05) is 12.1 Å². The molecule has 6 heteroatoms. The van der Waals surface area contributed by atoms with Crippen molar-refractivity contribution >= 4 is 11.2 Å². The van der Waals surface area contributed by atoms with Crippen molar-refractivity contribution in [3.05, 3.63) is 47.0 Å². The van der Waals surface area contributed by atoms with Gasteiger partial charge in [0, 0.05) is 12.3 Å². The summed E-state index contributed by atoms with van der Waals surface area (Å²) >= 11 is 0. The first-order valence-electron chi connectivity index (χ1n) is 5.66. The molecule has 2 heterocycles. The number of nitrogens with one attached hydrogen (secondary N) is 2. The van der Waals surface area contributed by atoms with Gasteiger partial charge in [-0.3, -0.25) is 4.98 Å². The van der Waals surface area contributed by atoms with Crippen molar-refractivity contribution < 1.29 is 9.47 Å². The van der Waals surface area contributed by atoms with Crippen LogP contribution in [0.25, 0.3) is 11.2 Å². The molecule has 3 rings (SSSR count). The van der Waals surface area contributed by atoms with Crippen LogP contribution in [0.4, 0.5) is 0 Å². The second kappa shape index (κ2) is 4.49. The molecule has 0 bridgehead atoms. The van der Waals surface area contributed by atoms with Crippen molar-refractivity contribution in [3.8, 4) is 17.2 Å². The van der Waals surface area contributed by atoms with Gasteiger partial charge < -0.3 is 14.5 Å². The molecule has 0 atom stereocenters. The summed E-state index contributed by atoms with van der Waals surface area (Å²) in [4.78, 5) is 20.6. The van der Waals surface area contributed by atoms with Crippen LogP contribution in [0.1, 0.15) is 0 Å². The smallest absolute Gasteiger partial charge is 0.325 e. The number of nitrogens with zero attached hydrogens (tertiary/aromatic N) is 1. The lowest BCUT2D eigenvalue weighted by Gasteiger charge is -2.09. The van der Waals surface area contributed by atoms with E-state index in [0.29, 0.717) is 28.4 Å². The molecule has 0 unspecified atom stereocenters. The normalized spacial score (nSPS) is 10.6. The number of pyridine rings is 1. The zero-order chi connectivity index (χ0) is 13.2. The van der Waals surface area contributed by atoms with Gasteiger partial charge in [-0.15, -0.1) is 0 Å². The number of aromatic amines is 2. The van der Waals surface area contributed by atoms with Gasteiger partial charge in [-0.2, -0.15) is 0 Å². The van der Waals surface area contributed by atoms with E-state index in [-0.39, 0.29) is 5.69 Å². The molecule has 2 aromatic heterocycles. The van der Waals surface area contributed by atoms with Gasteiger partial charge in [0.15, 0.2) is 22.9 Å². The van der Waals surface area contributed by atoms with Crippen LogP contribution in [0.5, 0.6) is 17.2 Å². The van der Waals surface area contributed by atoms with Gasteiger partial charge in [0.25, 0.3) is 0 Å². The molecular weight excluding hydrogens is 246 g/mol. The molecular formula is C13H11N3O3. The van der Waals surface area contributed by atoms with Crippen LogP contribution in [0.2, 0.25) is 0 Å². The Bertz CT molecular complexity index is 776. The van der Waals surface area contributed by atoms with Crippen molar-refractivity contribution in [2.45, 2.75) is 0 Å². The van der Waals surface area contributed by atoms with E-state index in [4.69, 9.17) is 9.47 Å². The number of fused-ring (bicyclic) bond motifs is 1. The number of H-pyrrole nitrogens is 2. The number of imidazole rings is 1. The average Bonchev–Trinajstić information content (AvgIpc) is 2.81. The highest BCUT2D eigenvalue weighted by Crippen LogP contribution is 2.32. The minimum Gasteiger partial charge on any atom is -0.493 e. The Labute approximate surface area is 108 Å². The number of rotatable bonds is 3. The summed E-state index contributed by atoms with van der Waals surface area (Å²) in [6, 6.07) is 8.96. The number of aromatic nitrogens is 3. The average molecular weight is 257 g/mol. The lowest BCUT2D eigenvalue weighted by Crippen LogP contribution is -1.99. The van der Waals surface area contributed by atoms with Crippen LogP contribution >= 0.6 is 0 Å². The van der Waals surface area contributed by atoms with Crippen molar-refractivity contribution in [3.63, 3.8) is 0 Å². The predicted molar refractivity (Wildman–Crippen MR) is 69.8 cm³/mol. The Morgan fingerprint density at radius 2 is 1.84 bits per heavy atom. The van der Waals surface area contributed by atoms with Crippen LogP contribution in [0.15, 0.2) is 41.3 Å². The fraction of sp³-hybridized carbons (Fsp3) is 0.0769. The Morgan fingerprint density at radius 1 is 1.05 bits per heavy atom. The lowest BCUT2D eigenvalue weighted by molar-refractivity contribution is 0.380. The molecule has 0 amide bonds. The Kier molecular flexibility index (Phi) is 2.68. The molecule has 0 fully saturated rings. The third kappa shape index (κ3) is 2.03. The topological polar surface area (TPSA) is 80.0 Å². The second-order valence-corrected chi connectivity index (χ2v) is 3.86. The van der Waals surface area contributed by atoms with Crippen LogP contribution < -0.4 is 15.2 Å². The van der Waals surface area contributed by atoms with Crippen LogP contribution in [-0.2, 0) is 0 Å². The molecule has 0 aliphatic rings. The Hall–Kier alpha value is -2.76. The minimum absolute atomic E-state index is 0.321. The van der Waals surface area contributed by atoms with Gasteiger partial charge in [-0.05, 0) is 12.1 Å².